The quantitative estimate of drug-likeness (QED) is 0.539. The van der Waals surface area contributed by atoms with Gasteiger partial charge in [-0.05, 0) is 44.7 Å². The molecule has 1 amide bonds. The third kappa shape index (κ3) is 5.13. The van der Waals surface area contributed by atoms with E-state index in [1.165, 1.54) is 11.8 Å². The van der Waals surface area contributed by atoms with Crippen molar-refractivity contribution in [2.45, 2.75) is 50.4 Å². The summed E-state index contributed by atoms with van der Waals surface area (Å²) in [6.07, 6.45) is 1.17. The summed E-state index contributed by atoms with van der Waals surface area (Å²) in [6.45, 7) is 7.02. The van der Waals surface area contributed by atoms with Gasteiger partial charge in [0.15, 0.2) is 11.9 Å². The van der Waals surface area contributed by atoms with Gasteiger partial charge in [0.1, 0.15) is 0 Å². The van der Waals surface area contributed by atoms with Crippen LogP contribution in [0.3, 0.4) is 0 Å². The van der Waals surface area contributed by atoms with E-state index in [2.05, 4.69) is 17.1 Å². The number of likely N-dealkylation sites (tertiary alicyclic amines) is 1. The number of carbonyl (C=O) groups excluding carboxylic acids is 2. The Hall–Kier alpha value is -2.35. The van der Waals surface area contributed by atoms with Crippen molar-refractivity contribution in [2.24, 2.45) is 5.92 Å². The van der Waals surface area contributed by atoms with Gasteiger partial charge in [-0.3, -0.25) is 4.79 Å². The Bertz CT molecular complexity index is 830. The molecule has 1 unspecified atom stereocenters. The van der Waals surface area contributed by atoms with Crippen molar-refractivity contribution in [3.8, 4) is 0 Å². The molecular formula is C20H25N3O4S. The van der Waals surface area contributed by atoms with E-state index in [-0.39, 0.29) is 5.91 Å². The van der Waals surface area contributed by atoms with Crippen LogP contribution in [0.2, 0.25) is 0 Å². The van der Waals surface area contributed by atoms with E-state index in [1.807, 2.05) is 12.1 Å². The predicted octanol–water partition coefficient (Wildman–Crippen LogP) is 3.47. The van der Waals surface area contributed by atoms with Crippen LogP contribution in [-0.2, 0) is 15.3 Å². The van der Waals surface area contributed by atoms with Gasteiger partial charge in [-0.1, -0.05) is 24.2 Å². The molecule has 1 atom stereocenters. The van der Waals surface area contributed by atoms with E-state index < -0.39 is 12.1 Å². The van der Waals surface area contributed by atoms with E-state index in [1.54, 1.807) is 30.9 Å². The number of nitrogens with zero attached hydrogens (tertiary/aromatic N) is 3. The largest absolute Gasteiger partial charge is 0.449 e. The lowest BCUT2D eigenvalue weighted by Crippen LogP contribution is -2.44. The summed E-state index contributed by atoms with van der Waals surface area (Å²) in [5.41, 5.74) is 0.427. The zero-order valence-corrected chi connectivity index (χ0v) is 17.2. The first kappa shape index (κ1) is 20.4. The van der Waals surface area contributed by atoms with E-state index in [0.717, 1.165) is 30.8 Å². The Labute approximate surface area is 168 Å². The molecular weight excluding hydrogens is 378 g/mol. The van der Waals surface area contributed by atoms with Crippen LogP contribution in [0, 0.1) is 12.8 Å². The van der Waals surface area contributed by atoms with Gasteiger partial charge < -0.3 is 14.2 Å². The van der Waals surface area contributed by atoms with Crippen LogP contribution in [-0.4, -0.2) is 46.1 Å². The predicted molar refractivity (Wildman–Crippen MR) is 105 cm³/mol. The molecule has 0 N–H and O–H groups in total. The van der Waals surface area contributed by atoms with Crippen molar-refractivity contribution in [1.82, 2.24) is 15.0 Å². The average Bonchev–Trinajstić information content (AvgIpc) is 3.11. The molecule has 1 aliphatic rings. The van der Waals surface area contributed by atoms with Crippen molar-refractivity contribution in [3.05, 3.63) is 41.5 Å². The number of aromatic nitrogens is 2. The highest BCUT2D eigenvalue weighted by Gasteiger charge is 2.27. The number of esters is 1. The SMILES string of the molecule is Cc1noc(CSc2ccccc2C(=O)OC(C)C(=O)N2CCC(C)CC2)n1. The van der Waals surface area contributed by atoms with Crippen molar-refractivity contribution in [3.63, 3.8) is 0 Å². The normalized spacial score (nSPS) is 16.0. The standard InChI is InChI=1S/C20H25N3O4S/c1-13-8-10-23(11-9-13)19(24)14(2)26-20(25)16-6-4-5-7-17(16)28-12-18-21-15(3)22-27-18/h4-7,13-14H,8-12H2,1-3H3. The maximum absolute atomic E-state index is 12.7. The zero-order valence-electron chi connectivity index (χ0n) is 16.4. The molecule has 0 bridgehead atoms. The van der Waals surface area contributed by atoms with Crippen molar-refractivity contribution < 1.29 is 18.8 Å². The number of hydrogen-bond donors (Lipinski definition) is 0. The molecule has 28 heavy (non-hydrogen) atoms. The lowest BCUT2D eigenvalue weighted by Gasteiger charge is -2.31. The number of thioether (sulfide) groups is 1. The van der Waals surface area contributed by atoms with E-state index in [0.29, 0.717) is 28.9 Å². The molecule has 150 valence electrons. The second-order valence-corrected chi connectivity index (χ2v) is 8.09. The molecule has 7 nitrogen and oxygen atoms in total. The lowest BCUT2D eigenvalue weighted by molar-refractivity contribution is -0.141. The highest BCUT2D eigenvalue weighted by atomic mass is 32.2. The number of hydrogen-bond acceptors (Lipinski definition) is 7. The smallest absolute Gasteiger partial charge is 0.340 e. The van der Waals surface area contributed by atoms with Gasteiger partial charge in [-0.15, -0.1) is 11.8 Å². The molecule has 8 heteroatoms. The number of rotatable bonds is 6. The minimum Gasteiger partial charge on any atom is -0.449 e. The Morgan fingerprint density at radius 2 is 2.04 bits per heavy atom. The van der Waals surface area contributed by atoms with E-state index in [9.17, 15) is 9.59 Å². The van der Waals surface area contributed by atoms with Gasteiger partial charge in [0.2, 0.25) is 5.89 Å². The molecule has 0 spiro atoms. The monoisotopic (exact) mass is 403 g/mol. The van der Waals surface area contributed by atoms with Crippen molar-refractivity contribution in [2.75, 3.05) is 13.1 Å². The number of aryl methyl sites for hydroxylation is 1. The Morgan fingerprint density at radius 1 is 1.32 bits per heavy atom. The van der Waals surface area contributed by atoms with Crippen LogP contribution in [0.25, 0.3) is 0 Å². The maximum Gasteiger partial charge on any atom is 0.340 e. The Kier molecular flexibility index (Phi) is 6.72. The highest BCUT2D eigenvalue weighted by molar-refractivity contribution is 7.98. The van der Waals surface area contributed by atoms with Crippen molar-refractivity contribution in [1.29, 1.82) is 0 Å². The first-order valence-electron chi connectivity index (χ1n) is 9.45. The molecule has 2 aromatic rings. The van der Waals surface area contributed by atoms with Crippen LogP contribution in [0.1, 0.15) is 48.8 Å². The molecule has 2 heterocycles. The molecule has 1 fully saturated rings. The Balaban J connectivity index is 1.61. The van der Waals surface area contributed by atoms with Gasteiger partial charge in [0.25, 0.3) is 5.91 Å². The minimum atomic E-state index is -0.808. The molecule has 0 radical (unpaired) electrons. The first-order valence-corrected chi connectivity index (χ1v) is 10.4. The molecule has 1 aliphatic heterocycles. The molecule has 1 aromatic carbocycles. The fourth-order valence-electron chi connectivity index (χ4n) is 3.06. The zero-order chi connectivity index (χ0) is 20.1. The summed E-state index contributed by atoms with van der Waals surface area (Å²) < 4.78 is 10.6. The van der Waals surface area contributed by atoms with Crippen LogP contribution in [0.4, 0.5) is 0 Å². The summed E-state index contributed by atoms with van der Waals surface area (Å²) in [5, 5.41) is 3.76. The number of benzene rings is 1. The number of carbonyl (C=O) groups is 2. The van der Waals surface area contributed by atoms with Crippen LogP contribution >= 0.6 is 11.8 Å². The number of piperidine rings is 1. The number of ether oxygens (including phenoxy) is 1. The summed E-state index contributed by atoms with van der Waals surface area (Å²) in [5.74, 6) is 1.51. The maximum atomic E-state index is 12.7. The van der Waals surface area contributed by atoms with Gasteiger partial charge in [-0.25, -0.2) is 4.79 Å². The highest BCUT2D eigenvalue weighted by Crippen LogP contribution is 2.27. The first-order chi connectivity index (χ1) is 13.4. The van der Waals surface area contributed by atoms with Crippen LogP contribution in [0.5, 0.6) is 0 Å². The van der Waals surface area contributed by atoms with Gasteiger partial charge >= 0.3 is 5.97 Å². The molecule has 0 saturated carbocycles. The van der Waals surface area contributed by atoms with E-state index in [4.69, 9.17) is 9.26 Å². The summed E-state index contributed by atoms with van der Waals surface area (Å²) in [6, 6.07) is 7.16. The molecule has 3 rings (SSSR count). The third-order valence-corrected chi connectivity index (χ3v) is 5.81. The molecule has 1 saturated heterocycles. The molecule has 0 aliphatic carbocycles. The van der Waals surface area contributed by atoms with Gasteiger partial charge in [-0.2, -0.15) is 4.98 Å². The van der Waals surface area contributed by atoms with Crippen LogP contribution < -0.4 is 0 Å². The average molecular weight is 404 g/mol. The number of amides is 1. The lowest BCUT2D eigenvalue weighted by atomic mass is 9.99. The second kappa shape index (κ2) is 9.23. The van der Waals surface area contributed by atoms with Crippen molar-refractivity contribution >= 4 is 23.6 Å². The fraction of sp³-hybridized carbons (Fsp3) is 0.500. The fourth-order valence-corrected chi connectivity index (χ4v) is 3.94. The topological polar surface area (TPSA) is 85.5 Å². The summed E-state index contributed by atoms with van der Waals surface area (Å²) >= 11 is 1.41. The minimum absolute atomic E-state index is 0.133. The summed E-state index contributed by atoms with van der Waals surface area (Å²) in [4.78, 5) is 32.0. The summed E-state index contributed by atoms with van der Waals surface area (Å²) in [7, 11) is 0. The van der Waals surface area contributed by atoms with Gasteiger partial charge in [0, 0.05) is 18.0 Å². The third-order valence-electron chi connectivity index (χ3n) is 4.75. The van der Waals surface area contributed by atoms with E-state index >= 15 is 0 Å². The molecule has 1 aromatic heterocycles. The Morgan fingerprint density at radius 3 is 2.71 bits per heavy atom. The van der Waals surface area contributed by atoms with Gasteiger partial charge in [0.05, 0.1) is 11.3 Å². The van der Waals surface area contributed by atoms with Crippen LogP contribution in [0.15, 0.2) is 33.7 Å². The second-order valence-electron chi connectivity index (χ2n) is 7.08.